The molecule has 0 bridgehead atoms. The number of hydrogen-bond acceptors (Lipinski definition) is 3. The van der Waals surface area contributed by atoms with E-state index in [-0.39, 0.29) is 17.0 Å². The molecule has 0 radical (unpaired) electrons. The van der Waals surface area contributed by atoms with Crippen LogP contribution in [0.3, 0.4) is 0 Å². The van der Waals surface area contributed by atoms with Gasteiger partial charge in [0.25, 0.3) is 0 Å². The highest BCUT2D eigenvalue weighted by atomic mass is 16.6. The molecule has 2 fully saturated rings. The molecule has 1 aliphatic heterocycles. The monoisotopic (exact) mass is 288 g/mol. The molecule has 4 heteroatoms. The van der Waals surface area contributed by atoms with Crippen LogP contribution in [0.5, 0.6) is 0 Å². The first kappa shape index (κ1) is 14.5. The van der Waals surface area contributed by atoms with E-state index in [0.29, 0.717) is 5.92 Å². The van der Waals surface area contributed by atoms with Crippen molar-refractivity contribution in [2.24, 2.45) is 0 Å². The molecule has 0 N–H and O–H groups in total. The zero-order valence-electron chi connectivity index (χ0n) is 12.5. The third-order valence-corrected chi connectivity index (χ3v) is 5.23. The average molecular weight is 288 g/mol. The van der Waals surface area contributed by atoms with Crippen molar-refractivity contribution < 1.29 is 4.92 Å². The summed E-state index contributed by atoms with van der Waals surface area (Å²) in [6, 6.07) is 10.5. The third kappa shape index (κ3) is 3.26. The van der Waals surface area contributed by atoms with E-state index < -0.39 is 0 Å². The molecule has 0 spiro atoms. The van der Waals surface area contributed by atoms with Crippen LogP contribution in [0.2, 0.25) is 0 Å². The Hall–Kier alpha value is -1.42. The topological polar surface area (TPSA) is 46.4 Å². The quantitative estimate of drug-likeness (QED) is 0.632. The van der Waals surface area contributed by atoms with E-state index >= 15 is 0 Å². The van der Waals surface area contributed by atoms with Crippen molar-refractivity contribution >= 4 is 0 Å². The zero-order valence-corrected chi connectivity index (χ0v) is 12.5. The van der Waals surface area contributed by atoms with E-state index in [9.17, 15) is 10.1 Å². The van der Waals surface area contributed by atoms with Crippen LogP contribution in [0.15, 0.2) is 30.3 Å². The van der Waals surface area contributed by atoms with Gasteiger partial charge in [-0.2, -0.15) is 0 Å². The van der Waals surface area contributed by atoms with Gasteiger partial charge in [0.2, 0.25) is 6.04 Å². The lowest BCUT2D eigenvalue weighted by molar-refractivity contribution is -0.534. The minimum absolute atomic E-state index is 0.0346. The van der Waals surface area contributed by atoms with Gasteiger partial charge in [0, 0.05) is 11.3 Å². The van der Waals surface area contributed by atoms with E-state index in [4.69, 9.17) is 0 Å². The van der Waals surface area contributed by atoms with E-state index in [1.165, 1.54) is 5.56 Å². The van der Waals surface area contributed by atoms with Crippen LogP contribution in [-0.2, 0) is 0 Å². The SMILES string of the molecule is O=[N+]([O-])C1CCCCC1N1CCC(c2ccccc2)CC1. The molecule has 114 valence electrons. The van der Waals surface area contributed by atoms with Crippen molar-refractivity contribution in [3.63, 3.8) is 0 Å². The van der Waals surface area contributed by atoms with Crippen LogP contribution in [0.25, 0.3) is 0 Å². The Balaban J connectivity index is 1.61. The average Bonchev–Trinajstić information content (AvgIpc) is 2.56. The summed E-state index contributed by atoms with van der Waals surface area (Å²) in [5, 5.41) is 11.3. The zero-order chi connectivity index (χ0) is 14.7. The first-order valence-corrected chi connectivity index (χ1v) is 8.18. The van der Waals surface area contributed by atoms with E-state index in [1.807, 2.05) is 0 Å². The summed E-state index contributed by atoms with van der Waals surface area (Å²) in [6.45, 7) is 2.02. The smallest absolute Gasteiger partial charge is 0.228 e. The normalized spacial score (nSPS) is 28.4. The summed E-state index contributed by atoms with van der Waals surface area (Å²) in [5.74, 6) is 0.625. The molecular formula is C17H24N2O2. The highest BCUT2D eigenvalue weighted by Gasteiger charge is 2.39. The Bertz CT molecular complexity index is 469. The maximum atomic E-state index is 11.3. The highest BCUT2D eigenvalue weighted by Crippen LogP contribution is 2.32. The van der Waals surface area contributed by atoms with Gasteiger partial charge in [-0.3, -0.25) is 15.0 Å². The number of nitrogens with zero attached hydrogens (tertiary/aromatic N) is 2. The van der Waals surface area contributed by atoms with Gasteiger partial charge >= 0.3 is 0 Å². The molecule has 1 aromatic rings. The number of benzene rings is 1. The predicted octanol–water partition coefficient (Wildman–Crippen LogP) is 3.45. The second kappa shape index (κ2) is 6.56. The van der Waals surface area contributed by atoms with Crippen molar-refractivity contribution in [2.45, 2.75) is 56.5 Å². The number of piperidine rings is 1. The lowest BCUT2D eigenvalue weighted by atomic mass is 9.85. The van der Waals surface area contributed by atoms with Crippen LogP contribution in [0, 0.1) is 10.1 Å². The summed E-state index contributed by atoms with van der Waals surface area (Å²) < 4.78 is 0. The number of rotatable bonds is 3. The van der Waals surface area contributed by atoms with Crippen molar-refractivity contribution in [3.05, 3.63) is 46.0 Å². The molecule has 0 aromatic heterocycles. The molecule has 1 aliphatic carbocycles. The summed E-state index contributed by atoms with van der Waals surface area (Å²) in [5.41, 5.74) is 1.42. The van der Waals surface area contributed by atoms with E-state index in [0.717, 1.165) is 51.6 Å². The lowest BCUT2D eigenvalue weighted by Crippen LogP contribution is -2.51. The molecule has 0 amide bonds. The Kier molecular flexibility index (Phi) is 4.54. The van der Waals surface area contributed by atoms with Crippen LogP contribution >= 0.6 is 0 Å². The molecular weight excluding hydrogens is 264 g/mol. The summed E-state index contributed by atoms with van der Waals surface area (Å²) >= 11 is 0. The Morgan fingerprint density at radius 2 is 1.67 bits per heavy atom. The first-order chi connectivity index (χ1) is 10.3. The fraction of sp³-hybridized carbons (Fsp3) is 0.647. The second-order valence-electron chi connectivity index (χ2n) is 6.43. The predicted molar refractivity (Wildman–Crippen MR) is 83.0 cm³/mol. The molecule has 2 atom stereocenters. The molecule has 1 saturated carbocycles. The summed E-state index contributed by atoms with van der Waals surface area (Å²) in [6.07, 6.45) is 6.18. The molecule has 1 aromatic carbocycles. The maximum absolute atomic E-state index is 11.3. The highest BCUT2D eigenvalue weighted by molar-refractivity contribution is 5.20. The second-order valence-corrected chi connectivity index (χ2v) is 6.43. The Morgan fingerprint density at radius 1 is 1.00 bits per heavy atom. The molecule has 21 heavy (non-hydrogen) atoms. The molecule has 4 nitrogen and oxygen atoms in total. The molecule has 1 saturated heterocycles. The van der Waals surface area contributed by atoms with Crippen molar-refractivity contribution in [2.75, 3.05) is 13.1 Å². The molecule has 1 heterocycles. The van der Waals surface area contributed by atoms with E-state index in [2.05, 4.69) is 35.2 Å². The largest absolute Gasteiger partial charge is 0.294 e. The standard InChI is InChI=1S/C17H24N2O2/c20-19(21)17-9-5-4-8-16(17)18-12-10-15(11-13-18)14-6-2-1-3-7-14/h1-3,6-7,15-17H,4-5,8-13H2. The summed E-state index contributed by atoms with van der Waals surface area (Å²) in [4.78, 5) is 13.6. The van der Waals surface area contributed by atoms with Crippen LogP contribution in [-0.4, -0.2) is 35.0 Å². The number of hydrogen-bond donors (Lipinski definition) is 0. The first-order valence-electron chi connectivity index (χ1n) is 8.18. The minimum Gasteiger partial charge on any atom is -0.294 e. The minimum atomic E-state index is -0.341. The molecule has 2 unspecified atom stereocenters. The van der Waals surface area contributed by atoms with Gasteiger partial charge in [-0.25, -0.2) is 0 Å². The number of nitro groups is 1. The summed E-state index contributed by atoms with van der Waals surface area (Å²) in [7, 11) is 0. The Morgan fingerprint density at radius 3 is 2.33 bits per heavy atom. The van der Waals surface area contributed by atoms with Gasteiger partial charge in [-0.1, -0.05) is 36.8 Å². The van der Waals surface area contributed by atoms with Gasteiger partial charge in [0.1, 0.15) is 0 Å². The third-order valence-electron chi connectivity index (χ3n) is 5.23. The van der Waals surface area contributed by atoms with E-state index in [1.54, 1.807) is 0 Å². The van der Waals surface area contributed by atoms with Crippen molar-refractivity contribution in [3.8, 4) is 0 Å². The van der Waals surface area contributed by atoms with Crippen LogP contribution in [0.1, 0.15) is 50.0 Å². The van der Waals surface area contributed by atoms with Gasteiger partial charge < -0.3 is 0 Å². The van der Waals surface area contributed by atoms with Gasteiger partial charge in [0.05, 0.1) is 6.04 Å². The van der Waals surface area contributed by atoms with Gasteiger partial charge in [-0.05, 0) is 50.3 Å². The van der Waals surface area contributed by atoms with Crippen molar-refractivity contribution in [1.82, 2.24) is 4.90 Å². The van der Waals surface area contributed by atoms with Crippen LogP contribution in [0.4, 0.5) is 0 Å². The lowest BCUT2D eigenvalue weighted by Gasteiger charge is -2.40. The van der Waals surface area contributed by atoms with Gasteiger partial charge in [0.15, 0.2) is 0 Å². The Labute approximate surface area is 126 Å². The molecule has 2 aliphatic rings. The van der Waals surface area contributed by atoms with Gasteiger partial charge in [-0.15, -0.1) is 0 Å². The van der Waals surface area contributed by atoms with Crippen molar-refractivity contribution in [1.29, 1.82) is 0 Å². The number of likely N-dealkylation sites (tertiary alicyclic amines) is 1. The fourth-order valence-electron chi connectivity index (χ4n) is 4.05. The fourth-order valence-corrected chi connectivity index (χ4v) is 4.05. The van der Waals surface area contributed by atoms with Crippen LogP contribution < -0.4 is 0 Å². The molecule has 3 rings (SSSR count). The maximum Gasteiger partial charge on any atom is 0.228 e.